The number of carbonyl (C=O) groups excluding carboxylic acids is 1. The molecule has 0 radical (unpaired) electrons. The maximum atomic E-state index is 13.8. The molecule has 2 rings (SSSR count). The van der Waals surface area contributed by atoms with Gasteiger partial charge in [-0.1, -0.05) is 17.0 Å². The molecular formula is C14H12FN3O3. The summed E-state index contributed by atoms with van der Waals surface area (Å²) in [4.78, 5) is 15.8. The van der Waals surface area contributed by atoms with Crippen LogP contribution in [0.25, 0.3) is 0 Å². The molecule has 0 fully saturated rings. The molecule has 1 aromatic heterocycles. The third-order valence-electron chi connectivity index (χ3n) is 2.50. The average Bonchev–Trinajstić information content (AvgIpc) is 2.88. The van der Waals surface area contributed by atoms with E-state index in [0.29, 0.717) is 11.4 Å². The number of rotatable bonds is 3. The normalized spacial score (nSPS) is 9.86. The summed E-state index contributed by atoms with van der Waals surface area (Å²) in [5, 5.41) is 14.6. The van der Waals surface area contributed by atoms with Crippen molar-refractivity contribution >= 4 is 5.91 Å². The molecule has 108 valence electrons. The van der Waals surface area contributed by atoms with E-state index in [0.717, 1.165) is 6.07 Å². The Labute approximate surface area is 120 Å². The van der Waals surface area contributed by atoms with Crippen molar-refractivity contribution in [2.24, 2.45) is 0 Å². The molecule has 1 amide bonds. The number of halogens is 1. The van der Waals surface area contributed by atoms with Crippen LogP contribution in [-0.4, -0.2) is 27.8 Å². The van der Waals surface area contributed by atoms with Crippen LogP contribution >= 0.6 is 0 Å². The highest BCUT2D eigenvalue weighted by Gasteiger charge is 2.13. The number of aryl methyl sites for hydroxylation is 1. The first kappa shape index (κ1) is 14.7. The zero-order valence-electron chi connectivity index (χ0n) is 11.2. The van der Waals surface area contributed by atoms with Crippen LogP contribution in [0.5, 0.6) is 0 Å². The molecule has 0 saturated carbocycles. The molecule has 21 heavy (non-hydrogen) atoms. The smallest absolute Gasteiger partial charge is 0.254 e. The third kappa shape index (κ3) is 3.87. The number of aliphatic hydroxyl groups is 1. The molecule has 7 heteroatoms. The first-order chi connectivity index (χ1) is 10.1. The molecule has 0 saturated heterocycles. The summed E-state index contributed by atoms with van der Waals surface area (Å²) in [6.45, 7) is 1.36. The zero-order valence-corrected chi connectivity index (χ0v) is 11.2. The number of nitrogens with one attached hydrogen (secondary N) is 1. The topological polar surface area (TPSA) is 88.2 Å². The van der Waals surface area contributed by atoms with Gasteiger partial charge in [-0.05, 0) is 25.1 Å². The zero-order chi connectivity index (χ0) is 15.2. The van der Waals surface area contributed by atoms with Crippen LogP contribution in [-0.2, 0) is 6.54 Å². The average molecular weight is 289 g/mol. The van der Waals surface area contributed by atoms with E-state index in [-0.39, 0.29) is 24.6 Å². The van der Waals surface area contributed by atoms with Gasteiger partial charge in [-0.25, -0.2) is 4.39 Å². The second-order valence-corrected chi connectivity index (χ2v) is 4.07. The molecule has 0 bridgehead atoms. The molecule has 2 aromatic rings. The maximum absolute atomic E-state index is 13.8. The number of hydrogen-bond acceptors (Lipinski definition) is 5. The lowest BCUT2D eigenvalue weighted by Crippen LogP contribution is -2.24. The summed E-state index contributed by atoms with van der Waals surface area (Å²) in [5.74, 6) is 4.37. The van der Waals surface area contributed by atoms with Crippen LogP contribution in [0.3, 0.4) is 0 Å². The van der Waals surface area contributed by atoms with Gasteiger partial charge in [-0.15, -0.1) is 0 Å². The molecule has 0 aliphatic rings. The highest BCUT2D eigenvalue weighted by molar-refractivity contribution is 5.94. The minimum absolute atomic E-state index is 0.0190. The predicted molar refractivity (Wildman–Crippen MR) is 70.6 cm³/mol. The van der Waals surface area contributed by atoms with E-state index < -0.39 is 11.7 Å². The lowest BCUT2D eigenvalue weighted by molar-refractivity contribution is 0.0942. The summed E-state index contributed by atoms with van der Waals surface area (Å²) in [5.41, 5.74) is 0.270. The number of aromatic nitrogens is 2. The summed E-state index contributed by atoms with van der Waals surface area (Å²) in [6, 6.07) is 3.96. The SMILES string of the molecule is Cc1noc(CNC(=O)c2ccc(C#CCO)cc2F)n1. The predicted octanol–water partition coefficient (Wildman–Crippen LogP) is 0.791. The van der Waals surface area contributed by atoms with Crippen molar-refractivity contribution in [2.45, 2.75) is 13.5 Å². The Hall–Kier alpha value is -2.72. The standard InChI is InChI=1S/C14H12FN3O3/c1-9-17-13(21-18-9)8-16-14(20)11-5-4-10(3-2-6-19)7-12(11)15/h4-5,7,19H,6,8H2,1H3,(H,16,20). The molecule has 0 aliphatic carbocycles. The number of nitrogens with zero attached hydrogens (tertiary/aromatic N) is 2. The molecule has 1 aromatic carbocycles. The fourth-order valence-electron chi connectivity index (χ4n) is 1.58. The van der Waals surface area contributed by atoms with Gasteiger partial charge in [-0.2, -0.15) is 4.98 Å². The van der Waals surface area contributed by atoms with Gasteiger partial charge in [0.2, 0.25) is 5.89 Å². The van der Waals surface area contributed by atoms with E-state index in [1.54, 1.807) is 6.92 Å². The molecule has 0 aliphatic heterocycles. The van der Waals surface area contributed by atoms with Gasteiger partial charge >= 0.3 is 0 Å². The summed E-state index contributed by atoms with van der Waals surface area (Å²) >= 11 is 0. The highest BCUT2D eigenvalue weighted by atomic mass is 19.1. The fourth-order valence-corrected chi connectivity index (χ4v) is 1.58. The van der Waals surface area contributed by atoms with Gasteiger partial charge in [0.05, 0.1) is 12.1 Å². The lowest BCUT2D eigenvalue weighted by Gasteiger charge is -2.04. The van der Waals surface area contributed by atoms with Crippen molar-refractivity contribution in [3.63, 3.8) is 0 Å². The molecule has 2 N–H and O–H groups in total. The maximum Gasteiger partial charge on any atom is 0.254 e. The number of carbonyl (C=O) groups is 1. The van der Waals surface area contributed by atoms with E-state index in [4.69, 9.17) is 9.63 Å². The van der Waals surface area contributed by atoms with Crippen molar-refractivity contribution in [1.82, 2.24) is 15.5 Å². The van der Waals surface area contributed by atoms with Crippen LogP contribution in [0.2, 0.25) is 0 Å². The fraction of sp³-hybridized carbons (Fsp3) is 0.214. The molecule has 1 heterocycles. The number of amides is 1. The Morgan fingerprint density at radius 2 is 2.33 bits per heavy atom. The van der Waals surface area contributed by atoms with Crippen molar-refractivity contribution < 1.29 is 18.8 Å². The van der Waals surface area contributed by atoms with Crippen LogP contribution in [0, 0.1) is 24.6 Å². The second-order valence-electron chi connectivity index (χ2n) is 4.07. The Bertz CT molecular complexity index is 716. The first-order valence-corrected chi connectivity index (χ1v) is 6.07. The Morgan fingerprint density at radius 1 is 1.52 bits per heavy atom. The van der Waals surface area contributed by atoms with Gasteiger partial charge < -0.3 is 14.9 Å². The second kappa shape index (κ2) is 6.63. The van der Waals surface area contributed by atoms with E-state index in [9.17, 15) is 9.18 Å². The monoisotopic (exact) mass is 289 g/mol. The Morgan fingerprint density at radius 3 is 2.95 bits per heavy atom. The van der Waals surface area contributed by atoms with Gasteiger partial charge in [0.1, 0.15) is 12.4 Å². The summed E-state index contributed by atoms with van der Waals surface area (Å²) in [7, 11) is 0. The number of benzene rings is 1. The third-order valence-corrected chi connectivity index (χ3v) is 2.50. The van der Waals surface area contributed by atoms with E-state index >= 15 is 0 Å². The minimum Gasteiger partial charge on any atom is -0.384 e. The number of aliphatic hydroxyl groups excluding tert-OH is 1. The molecular weight excluding hydrogens is 277 g/mol. The summed E-state index contributed by atoms with van der Waals surface area (Å²) < 4.78 is 18.6. The van der Waals surface area contributed by atoms with Gasteiger partial charge in [0.25, 0.3) is 5.91 Å². The molecule has 0 atom stereocenters. The summed E-state index contributed by atoms with van der Waals surface area (Å²) in [6.07, 6.45) is 0. The molecule has 6 nitrogen and oxygen atoms in total. The number of hydrogen-bond donors (Lipinski definition) is 2. The van der Waals surface area contributed by atoms with Crippen molar-refractivity contribution in [2.75, 3.05) is 6.61 Å². The highest BCUT2D eigenvalue weighted by Crippen LogP contribution is 2.10. The van der Waals surface area contributed by atoms with Crippen molar-refractivity contribution in [3.8, 4) is 11.8 Å². The van der Waals surface area contributed by atoms with E-state index in [1.807, 2.05) is 0 Å². The first-order valence-electron chi connectivity index (χ1n) is 6.07. The minimum atomic E-state index is -0.695. The quantitative estimate of drug-likeness (QED) is 0.816. The van der Waals surface area contributed by atoms with Crippen LogP contribution in [0.15, 0.2) is 22.7 Å². The van der Waals surface area contributed by atoms with E-state index in [2.05, 4.69) is 27.3 Å². The van der Waals surface area contributed by atoms with Gasteiger partial charge in [0.15, 0.2) is 5.82 Å². The molecule has 0 unspecified atom stereocenters. The van der Waals surface area contributed by atoms with Gasteiger partial charge in [0, 0.05) is 5.56 Å². The lowest BCUT2D eigenvalue weighted by atomic mass is 10.1. The van der Waals surface area contributed by atoms with Crippen LogP contribution in [0.1, 0.15) is 27.6 Å². The largest absolute Gasteiger partial charge is 0.384 e. The Balaban J connectivity index is 2.05. The Kier molecular flexibility index (Phi) is 4.64. The molecule has 0 spiro atoms. The van der Waals surface area contributed by atoms with E-state index in [1.165, 1.54) is 12.1 Å². The van der Waals surface area contributed by atoms with Gasteiger partial charge in [-0.3, -0.25) is 4.79 Å². The van der Waals surface area contributed by atoms with Crippen molar-refractivity contribution in [3.05, 3.63) is 46.9 Å². The van der Waals surface area contributed by atoms with Crippen LogP contribution < -0.4 is 5.32 Å². The van der Waals surface area contributed by atoms with Crippen LogP contribution in [0.4, 0.5) is 4.39 Å². The van der Waals surface area contributed by atoms with Crippen molar-refractivity contribution in [1.29, 1.82) is 0 Å².